The Morgan fingerprint density at radius 3 is 2.67 bits per heavy atom. The molecule has 0 aromatic carbocycles. The summed E-state index contributed by atoms with van der Waals surface area (Å²) < 4.78 is 4.72. The van der Waals surface area contributed by atoms with E-state index in [9.17, 15) is 4.79 Å². The number of carbonyl (C=O) groups excluding carboxylic acids is 1. The van der Waals surface area contributed by atoms with Crippen LogP contribution in [0.4, 0.5) is 0 Å². The molecule has 0 spiro atoms. The smallest absolute Gasteiger partial charge is 0.323 e. The van der Waals surface area contributed by atoms with Gasteiger partial charge in [0, 0.05) is 0 Å². The summed E-state index contributed by atoms with van der Waals surface area (Å²) in [4.78, 5) is 11.3. The van der Waals surface area contributed by atoms with Crippen LogP contribution in [0.3, 0.4) is 0 Å². The number of nitrogens with one attached hydrogen (secondary N) is 1. The minimum Gasteiger partial charge on any atom is -0.468 e. The highest BCUT2D eigenvalue weighted by atomic mass is 16.5. The Labute approximate surface area is 72.5 Å². The van der Waals surface area contributed by atoms with Crippen LogP contribution in [0.2, 0.25) is 0 Å². The minimum absolute atomic E-state index is 0.0463. The summed E-state index contributed by atoms with van der Waals surface area (Å²) >= 11 is 0. The summed E-state index contributed by atoms with van der Waals surface area (Å²) in [6.07, 6.45) is 0. The fourth-order valence-electron chi connectivity index (χ4n) is 2.58. The van der Waals surface area contributed by atoms with Crippen LogP contribution in [0.1, 0.15) is 13.8 Å². The Hall–Kier alpha value is -0.570. The molecule has 68 valence electrons. The first-order chi connectivity index (χ1) is 5.59. The van der Waals surface area contributed by atoms with E-state index in [0.29, 0.717) is 17.3 Å². The Morgan fingerprint density at radius 2 is 2.25 bits per heavy atom. The summed E-state index contributed by atoms with van der Waals surface area (Å²) in [5.74, 6) is 1.08. The van der Waals surface area contributed by atoms with Gasteiger partial charge in [0.1, 0.15) is 6.04 Å². The molecule has 12 heavy (non-hydrogen) atoms. The van der Waals surface area contributed by atoms with Gasteiger partial charge < -0.3 is 10.1 Å². The van der Waals surface area contributed by atoms with Crippen molar-refractivity contribution >= 4 is 5.97 Å². The number of hydrogen-bond acceptors (Lipinski definition) is 3. The van der Waals surface area contributed by atoms with Gasteiger partial charge in [-0.25, -0.2) is 0 Å². The van der Waals surface area contributed by atoms with Crippen LogP contribution in [-0.4, -0.2) is 25.7 Å². The zero-order valence-corrected chi connectivity index (χ0v) is 7.76. The summed E-state index contributed by atoms with van der Waals surface area (Å²) in [6.45, 7) is 5.41. The number of fused-ring (bicyclic) bond motifs is 1. The van der Waals surface area contributed by atoms with Gasteiger partial charge in [0.15, 0.2) is 0 Å². The molecule has 0 unspecified atom stereocenters. The van der Waals surface area contributed by atoms with Crippen molar-refractivity contribution in [2.45, 2.75) is 19.9 Å². The van der Waals surface area contributed by atoms with E-state index in [1.165, 1.54) is 7.11 Å². The van der Waals surface area contributed by atoms with Crippen LogP contribution in [0.25, 0.3) is 0 Å². The van der Waals surface area contributed by atoms with Crippen molar-refractivity contribution in [1.29, 1.82) is 0 Å². The van der Waals surface area contributed by atoms with E-state index in [1.807, 2.05) is 0 Å². The number of methoxy groups -OCH3 is 1. The zero-order valence-electron chi connectivity index (χ0n) is 7.76. The van der Waals surface area contributed by atoms with E-state index in [4.69, 9.17) is 4.74 Å². The number of rotatable bonds is 1. The van der Waals surface area contributed by atoms with E-state index in [1.54, 1.807) is 0 Å². The predicted octanol–water partition coefficient (Wildman–Crippen LogP) is 0.403. The normalized spacial score (nSPS) is 42.1. The fourth-order valence-corrected chi connectivity index (χ4v) is 2.58. The Kier molecular flexibility index (Phi) is 1.49. The van der Waals surface area contributed by atoms with Crippen molar-refractivity contribution in [3.05, 3.63) is 0 Å². The molecule has 1 saturated carbocycles. The van der Waals surface area contributed by atoms with Gasteiger partial charge >= 0.3 is 5.97 Å². The van der Waals surface area contributed by atoms with E-state index < -0.39 is 0 Å². The average molecular weight is 169 g/mol. The number of piperidine rings is 1. The molecule has 0 amide bonds. The third-order valence-corrected chi connectivity index (χ3v) is 3.51. The third-order valence-electron chi connectivity index (χ3n) is 3.51. The molecule has 1 aliphatic heterocycles. The highest BCUT2D eigenvalue weighted by Crippen LogP contribution is 2.62. The topological polar surface area (TPSA) is 38.3 Å². The van der Waals surface area contributed by atoms with Gasteiger partial charge in [0.25, 0.3) is 0 Å². The Bertz CT molecular complexity index is 225. The molecule has 2 fully saturated rings. The Balaban J connectivity index is 2.08. The molecule has 0 aromatic rings. The van der Waals surface area contributed by atoms with Gasteiger partial charge in [-0.05, 0) is 23.8 Å². The second-order valence-electron chi connectivity index (χ2n) is 4.36. The van der Waals surface area contributed by atoms with Crippen LogP contribution < -0.4 is 5.32 Å². The molecule has 1 N–H and O–H groups in total. The SMILES string of the molecule is COC(=O)[C@H]1NC[C@@H]2[C@@H]1C2(C)C. The maximum absolute atomic E-state index is 11.3. The number of hydrogen-bond donors (Lipinski definition) is 1. The number of esters is 1. The van der Waals surface area contributed by atoms with Gasteiger partial charge in [0.2, 0.25) is 0 Å². The molecule has 1 heterocycles. The lowest BCUT2D eigenvalue weighted by Gasteiger charge is -2.16. The van der Waals surface area contributed by atoms with Crippen LogP contribution in [0.5, 0.6) is 0 Å². The van der Waals surface area contributed by atoms with E-state index in [-0.39, 0.29) is 12.0 Å². The zero-order chi connectivity index (χ0) is 8.93. The first kappa shape index (κ1) is 8.05. The van der Waals surface area contributed by atoms with E-state index >= 15 is 0 Å². The minimum atomic E-state index is -0.104. The summed E-state index contributed by atoms with van der Waals surface area (Å²) in [5, 5.41) is 3.19. The lowest BCUT2D eigenvalue weighted by atomic mass is 10.0. The molecule has 0 radical (unpaired) electrons. The molecule has 2 rings (SSSR count). The first-order valence-corrected chi connectivity index (χ1v) is 4.40. The van der Waals surface area contributed by atoms with Crippen molar-refractivity contribution in [2.75, 3.05) is 13.7 Å². The molecule has 3 heteroatoms. The molecule has 2 aliphatic rings. The quantitative estimate of drug-likeness (QED) is 0.577. The van der Waals surface area contributed by atoms with E-state index in [0.717, 1.165) is 6.54 Å². The number of ether oxygens (including phenoxy) is 1. The van der Waals surface area contributed by atoms with Crippen molar-refractivity contribution in [3.8, 4) is 0 Å². The summed E-state index contributed by atoms with van der Waals surface area (Å²) in [7, 11) is 1.45. The number of carbonyl (C=O) groups is 1. The molecular formula is C9H15NO2. The van der Waals surface area contributed by atoms with Crippen molar-refractivity contribution < 1.29 is 9.53 Å². The van der Waals surface area contributed by atoms with Gasteiger partial charge in [-0.15, -0.1) is 0 Å². The predicted molar refractivity (Wildman–Crippen MR) is 44.6 cm³/mol. The van der Waals surface area contributed by atoms with E-state index in [2.05, 4.69) is 19.2 Å². The largest absolute Gasteiger partial charge is 0.468 e. The first-order valence-electron chi connectivity index (χ1n) is 4.40. The average Bonchev–Trinajstić information content (AvgIpc) is 2.52. The highest BCUT2D eigenvalue weighted by Gasteiger charge is 2.66. The summed E-state index contributed by atoms with van der Waals surface area (Å²) in [5.41, 5.74) is 0.351. The van der Waals surface area contributed by atoms with Gasteiger partial charge in [-0.1, -0.05) is 13.8 Å². The molecule has 3 atom stereocenters. The van der Waals surface area contributed by atoms with Crippen LogP contribution in [0, 0.1) is 17.3 Å². The standard InChI is InChI=1S/C9H15NO2/c1-9(2)5-4-10-7(6(5)9)8(11)12-3/h5-7,10H,4H2,1-3H3/t5-,6+,7+/m1/s1. The second-order valence-corrected chi connectivity index (χ2v) is 4.36. The Morgan fingerprint density at radius 1 is 1.58 bits per heavy atom. The lowest BCUT2D eigenvalue weighted by Crippen LogP contribution is -2.38. The molecule has 3 nitrogen and oxygen atoms in total. The molecule has 1 aliphatic carbocycles. The fraction of sp³-hybridized carbons (Fsp3) is 0.889. The van der Waals surface area contributed by atoms with Crippen molar-refractivity contribution in [3.63, 3.8) is 0 Å². The lowest BCUT2D eigenvalue weighted by molar-refractivity contribution is -0.143. The van der Waals surface area contributed by atoms with Crippen LogP contribution in [0.15, 0.2) is 0 Å². The third kappa shape index (κ3) is 0.829. The maximum atomic E-state index is 11.3. The van der Waals surface area contributed by atoms with Crippen LogP contribution >= 0.6 is 0 Å². The van der Waals surface area contributed by atoms with Gasteiger partial charge in [-0.2, -0.15) is 0 Å². The van der Waals surface area contributed by atoms with Crippen molar-refractivity contribution in [1.82, 2.24) is 5.32 Å². The second kappa shape index (κ2) is 2.22. The highest BCUT2D eigenvalue weighted by molar-refractivity contribution is 5.77. The molecule has 0 aromatic heterocycles. The van der Waals surface area contributed by atoms with Crippen LogP contribution in [-0.2, 0) is 9.53 Å². The van der Waals surface area contributed by atoms with Crippen molar-refractivity contribution in [2.24, 2.45) is 17.3 Å². The maximum Gasteiger partial charge on any atom is 0.323 e. The monoisotopic (exact) mass is 169 g/mol. The van der Waals surface area contributed by atoms with Gasteiger partial charge in [0.05, 0.1) is 7.11 Å². The van der Waals surface area contributed by atoms with Gasteiger partial charge in [-0.3, -0.25) is 4.79 Å². The molecule has 1 saturated heterocycles. The molecule has 0 bridgehead atoms. The summed E-state index contributed by atoms with van der Waals surface area (Å²) in [6, 6.07) is -0.0463. The molecular weight excluding hydrogens is 154 g/mol.